The molecule has 0 radical (unpaired) electrons. The van der Waals surface area contributed by atoms with E-state index in [0.29, 0.717) is 12.6 Å². The van der Waals surface area contributed by atoms with Crippen LogP contribution in [0.3, 0.4) is 0 Å². The lowest BCUT2D eigenvalue weighted by Crippen LogP contribution is -2.31. The molecule has 1 atom stereocenters. The van der Waals surface area contributed by atoms with Gasteiger partial charge in [0.1, 0.15) is 5.75 Å². The summed E-state index contributed by atoms with van der Waals surface area (Å²) in [5, 5.41) is 0.757. The molecule has 0 saturated carbocycles. The van der Waals surface area contributed by atoms with Crippen molar-refractivity contribution >= 4 is 17.3 Å². The van der Waals surface area contributed by atoms with Gasteiger partial charge in [-0.05, 0) is 44.5 Å². The smallest absolute Gasteiger partial charge is 0.142 e. The van der Waals surface area contributed by atoms with E-state index in [4.69, 9.17) is 22.1 Å². The molecule has 0 aromatic heterocycles. The van der Waals surface area contributed by atoms with Crippen LogP contribution >= 0.6 is 11.6 Å². The third-order valence-corrected chi connectivity index (χ3v) is 3.49. The number of aryl methyl sites for hydroxylation is 1. The molecule has 1 aromatic carbocycles. The predicted molar refractivity (Wildman–Crippen MR) is 74.3 cm³/mol. The molecule has 1 rings (SSSR count). The highest BCUT2D eigenvalue weighted by Gasteiger charge is 2.15. The van der Waals surface area contributed by atoms with Crippen LogP contribution in [0.2, 0.25) is 5.02 Å². The fourth-order valence-corrected chi connectivity index (χ4v) is 1.91. The van der Waals surface area contributed by atoms with Gasteiger partial charge in [-0.25, -0.2) is 0 Å². The Morgan fingerprint density at radius 1 is 1.47 bits per heavy atom. The Morgan fingerprint density at radius 2 is 2.12 bits per heavy atom. The highest BCUT2D eigenvalue weighted by molar-refractivity contribution is 6.31. The molecule has 0 aliphatic rings. The summed E-state index contributed by atoms with van der Waals surface area (Å²) in [6.45, 7) is 4.78. The van der Waals surface area contributed by atoms with Crippen molar-refractivity contribution in [1.82, 2.24) is 0 Å². The maximum Gasteiger partial charge on any atom is 0.142 e. The Morgan fingerprint density at radius 3 is 2.65 bits per heavy atom. The highest BCUT2D eigenvalue weighted by atomic mass is 35.5. The molecule has 4 heteroatoms. The van der Waals surface area contributed by atoms with Crippen molar-refractivity contribution in [2.45, 2.75) is 26.3 Å². The van der Waals surface area contributed by atoms with Gasteiger partial charge in [0.25, 0.3) is 0 Å². The van der Waals surface area contributed by atoms with Crippen LogP contribution in [0.4, 0.5) is 5.69 Å². The number of benzene rings is 1. The fraction of sp³-hybridized carbons (Fsp3) is 0.538. The van der Waals surface area contributed by atoms with Gasteiger partial charge in [-0.1, -0.05) is 11.6 Å². The zero-order valence-electron chi connectivity index (χ0n) is 11.0. The second-order valence-corrected chi connectivity index (χ2v) is 4.72. The monoisotopic (exact) mass is 256 g/mol. The van der Waals surface area contributed by atoms with Gasteiger partial charge in [-0.2, -0.15) is 0 Å². The second kappa shape index (κ2) is 6.12. The molecular formula is C13H21ClN2O. The van der Waals surface area contributed by atoms with Gasteiger partial charge < -0.3 is 15.4 Å². The van der Waals surface area contributed by atoms with E-state index in [2.05, 4.69) is 11.8 Å². The number of hydrogen-bond donors (Lipinski definition) is 1. The van der Waals surface area contributed by atoms with Gasteiger partial charge in [0.05, 0.1) is 12.8 Å². The van der Waals surface area contributed by atoms with E-state index < -0.39 is 0 Å². The van der Waals surface area contributed by atoms with Crippen molar-refractivity contribution in [3.05, 3.63) is 22.7 Å². The molecule has 0 spiro atoms. The third kappa shape index (κ3) is 3.27. The number of methoxy groups -OCH3 is 1. The molecule has 96 valence electrons. The van der Waals surface area contributed by atoms with Crippen LogP contribution in [0.15, 0.2) is 12.1 Å². The normalized spacial score (nSPS) is 12.4. The molecule has 0 saturated heterocycles. The molecule has 0 aliphatic heterocycles. The minimum Gasteiger partial charge on any atom is -0.495 e. The lowest BCUT2D eigenvalue weighted by molar-refractivity contribution is 0.413. The highest BCUT2D eigenvalue weighted by Crippen LogP contribution is 2.34. The lowest BCUT2D eigenvalue weighted by atomic mass is 10.1. The number of nitrogens with two attached hydrogens (primary N) is 1. The standard InChI is InChI=1S/C13H21ClN2O/c1-9-7-13(17-4)12(8-11(9)14)16(3)10(2)5-6-15/h7-8,10H,5-6,15H2,1-4H3. The zero-order valence-corrected chi connectivity index (χ0v) is 11.7. The molecule has 0 bridgehead atoms. The summed E-state index contributed by atoms with van der Waals surface area (Å²) in [4.78, 5) is 2.15. The molecule has 1 aromatic rings. The molecule has 1 unspecified atom stereocenters. The largest absolute Gasteiger partial charge is 0.495 e. The van der Waals surface area contributed by atoms with Gasteiger partial charge in [-0.3, -0.25) is 0 Å². The summed E-state index contributed by atoms with van der Waals surface area (Å²) in [6, 6.07) is 4.26. The van der Waals surface area contributed by atoms with E-state index in [1.807, 2.05) is 26.1 Å². The molecular weight excluding hydrogens is 236 g/mol. The number of nitrogens with zero attached hydrogens (tertiary/aromatic N) is 1. The average molecular weight is 257 g/mol. The molecule has 3 nitrogen and oxygen atoms in total. The van der Waals surface area contributed by atoms with Crippen LogP contribution in [0, 0.1) is 6.92 Å². The first kappa shape index (κ1) is 14.1. The van der Waals surface area contributed by atoms with Crippen LogP contribution < -0.4 is 15.4 Å². The third-order valence-electron chi connectivity index (χ3n) is 3.09. The maximum absolute atomic E-state index is 6.16. The van der Waals surface area contributed by atoms with E-state index in [0.717, 1.165) is 28.4 Å². The summed E-state index contributed by atoms with van der Waals surface area (Å²) < 4.78 is 5.40. The zero-order chi connectivity index (χ0) is 13.0. The van der Waals surface area contributed by atoms with Gasteiger partial charge in [-0.15, -0.1) is 0 Å². The van der Waals surface area contributed by atoms with Crippen molar-refractivity contribution in [3.63, 3.8) is 0 Å². The van der Waals surface area contributed by atoms with E-state index >= 15 is 0 Å². The van der Waals surface area contributed by atoms with Gasteiger partial charge >= 0.3 is 0 Å². The molecule has 17 heavy (non-hydrogen) atoms. The first-order valence-electron chi connectivity index (χ1n) is 5.78. The molecule has 0 fully saturated rings. The van der Waals surface area contributed by atoms with Gasteiger partial charge in [0.15, 0.2) is 0 Å². The van der Waals surface area contributed by atoms with Gasteiger partial charge in [0, 0.05) is 18.1 Å². The van der Waals surface area contributed by atoms with E-state index in [1.54, 1.807) is 7.11 Å². The molecule has 0 heterocycles. The van der Waals surface area contributed by atoms with Crippen LogP contribution in [0.1, 0.15) is 18.9 Å². The second-order valence-electron chi connectivity index (χ2n) is 4.31. The SMILES string of the molecule is COc1cc(C)c(Cl)cc1N(C)C(C)CCN. The Hall–Kier alpha value is -0.930. The topological polar surface area (TPSA) is 38.5 Å². The summed E-state index contributed by atoms with van der Waals surface area (Å²) >= 11 is 6.16. The Balaban J connectivity index is 3.07. The Kier molecular flexibility index (Phi) is 5.09. The molecule has 0 amide bonds. The summed E-state index contributed by atoms with van der Waals surface area (Å²) in [5.41, 5.74) is 7.61. The number of hydrogen-bond acceptors (Lipinski definition) is 3. The van der Waals surface area contributed by atoms with Crippen molar-refractivity contribution in [2.24, 2.45) is 5.73 Å². The number of anilines is 1. The number of ether oxygens (including phenoxy) is 1. The van der Waals surface area contributed by atoms with Crippen LogP contribution in [0.5, 0.6) is 5.75 Å². The average Bonchev–Trinajstić information content (AvgIpc) is 2.31. The summed E-state index contributed by atoms with van der Waals surface area (Å²) in [7, 11) is 3.71. The van der Waals surface area contributed by atoms with Crippen molar-refractivity contribution in [1.29, 1.82) is 0 Å². The van der Waals surface area contributed by atoms with Crippen LogP contribution in [0.25, 0.3) is 0 Å². The van der Waals surface area contributed by atoms with Crippen LogP contribution in [-0.4, -0.2) is 26.7 Å². The van der Waals surface area contributed by atoms with E-state index in [1.165, 1.54) is 0 Å². The quantitative estimate of drug-likeness (QED) is 0.881. The number of halogens is 1. The Labute approximate surface area is 109 Å². The van der Waals surface area contributed by atoms with Crippen LogP contribution in [-0.2, 0) is 0 Å². The Bertz CT molecular complexity index is 382. The van der Waals surface area contributed by atoms with Crippen molar-refractivity contribution in [2.75, 3.05) is 25.6 Å². The maximum atomic E-state index is 6.16. The number of rotatable bonds is 5. The lowest BCUT2D eigenvalue weighted by Gasteiger charge is -2.28. The minimum absolute atomic E-state index is 0.354. The molecule has 0 aliphatic carbocycles. The summed E-state index contributed by atoms with van der Waals surface area (Å²) in [5.74, 6) is 0.846. The van der Waals surface area contributed by atoms with Crippen molar-refractivity contribution in [3.8, 4) is 5.75 Å². The van der Waals surface area contributed by atoms with E-state index in [9.17, 15) is 0 Å². The van der Waals surface area contributed by atoms with E-state index in [-0.39, 0.29) is 0 Å². The van der Waals surface area contributed by atoms with Gasteiger partial charge in [0.2, 0.25) is 0 Å². The minimum atomic E-state index is 0.354. The molecule has 2 N–H and O–H groups in total. The first-order chi connectivity index (χ1) is 8.01. The fourth-order valence-electron chi connectivity index (χ4n) is 1.76. The first-order valence-corrected chi connectivity index (χ1v) is 6.16. The summed E-state index contributed by atoms with van der Waals surface area (Å²) in [6.07, 6.45) is 0.936. The predicted octanol–water partition coefficient (Wildman–Crippen LogP) is 2.83. The van der Waals surface area contributed by atoms with Crippen molar-refractivity contribution < 1.29 is 4.74 Å².